The van der Waals surface area contributed by atoms with Gasteiger partial charge in [0, 0.05) is 0 Å². The van der Waals surface area contributed by atoms with E-state index < -0.39 is 11.9 Å². The molecule has 0 aliphatic heterocycles. The second-order valence-corrected chi connectivity index (χ2v) is 4.80. The summed E-state index contributed by atoms with van der Waals surface area (Å²) in [6.07, 6.45) is 7.56. The molecule has 0 heterocycles. The second kappa shape index (κ2) is 5.80. The van der Waals surface area contributed by atoms with Crippen molar-refractivity contribution < 1.29 is 14.3 Å². The molecule has 0 radical (unpaired) electrons. The lowest BCUT2D eigenvalue weighted by Crippen LogP contribution is -2.25. The third kappa shape index (κ3) is 3.19. The molecule has 0 amide bonds. The molecule has 0 saturated heterocycles. The Balaban J connectivity index is 2.10. The predicted molar refractivity (Wildman–Crippen MR) is 67.7 cm³/mol. The molecule has 0 saturated carbocycles. The van der Waals surface area contributed by atoms with Crippen molar-refractivity contribution >= 4 is 5.97 Å². The minimum atomic E-state index is -0.768. The summed E-state index contributed by atoms with van der Waals surface area (Å²) >= 11 is 0. The van der Waals surface area contributed by atoms with Crippen LogP contribution >= 0.6 is 0 Å². The maximum atomic E-state index is 12.8. The number of hydrogen-bond donors (Lipinski definition) is 1. The van der Waals surface area contributed by atoms with Crippen LogP contribution < -0.4 is 0 Å². The Labute approximate surface area is 106 Å². The Bertz CT molecular complexity index is 436. The maximum Gasteiger partial charge on any atom is 0.307 e. The molecule has 3 heteroatoms. The molecule has 96 valence electrons. The number of allylic oxidation sites excluding steroid dienone is 2. The molecule has 0 aromatic heterocycles. The van der Waals surface area contributed by atoms with Crippen molar-refractivity contribution in [3.8, 4) is 0 Å². The summed E-state index contributed by atoms with van der Waals surface area (Å²) in [5, 5.41) is 9.33. The Morgan fingerprint density at radius 1 is 1.39 bits per heavy atom. The number of halogens is 1. The van der Waals surface area contributed by atoms with Gasteiger partial charge in [0.1, 0.15) is 5.82 Å². The first-order valence-electron chi connectivity index (χ1n) is 6.31. The van der Waals surface area contributed by atoms with Crippen molar-refractivity contribution in [3.05, 3.63) is 47.8 Å². The van der Waals surface area contributed by atoms with E-state index in [0.29, 0.717) is 6.42 Å². The first kappa shape index (κ1) is 12.8. The van der Waals surface area contributed by atoms with Crippen molar-refractivity contribution in [3.63, 3.8) is 0 Å². The van der Waals surface area contributed by atoms with Gasteiger partial charge in [-0.15, -0.1) is 0 Å². The quantitative estimate of drug-likeness (QED) is 0.829. The molecule has 2 unspecified atom stereocenters. The van der Waals surface area contributed by atoms with Gasteiger partial charge in [0.15, 0.2) is 0 Å². The number of carboxylic acid groups (broad SMARTS) is 1. The SMILES string of the molecule is O=C(O)C(Cc1ccc(F)cc1)C1C=CCCC1. The van der Waals surface area contributed by atoms with E-state index >= 15 is 0 Å². The van der Waals surface area contributed by atoms with Crippen LogP contribution in [-0.4, -0.2) is 11.1 Å². The van der Waals surface area contributed by atoms with Crippen LogP contribution in [0.4, 0.5) is 4.39 Å². The summed E-state index contributed by atoms with van der Waals surface area (Å²) in [6, 6.07) is 6.09. The third-order valence-corrected chi connectivity index (χ3v) is 3.49. The molecule has 0 bridgehead atoms. The highest BCUT2D eigenvalue weighted by Gasteiger charge is 2.27. The van der Waals surface area contributed by atoms with Crippen molar-refractivity contribution in [2.75, 3.05) is 0 Å². The van der Waals surface area contributed by atoms with Gasteiger partial charge in [0.2, 0.25) is 0 Å². The smallest absolute Gasteiger partial charge is 0.307 e. The van der Waals surface area contributed by atoms with E-state index in [4.69, 9.17) is 0 Å². The molecular weight excluding hydrogens is 231 g/mol. The van der Waals surface area contributed by atoms with Crippen LogP contribution in [0.3, 0.4) is 0 Å². The van der Waals surface area contributed by atoms with Crippen molar-refractivity contribution in [1.82, 2.24) is 0 Å². The fourth-order valence-corrected chi connectivity index (χ4v) is 2.47. The second-order valence-electron chi connectivity index (χ2n) is 4.80. The number of hydrogen-bond acceptors (Lipinski definition) is 1. The minimum Gasteiger partial charge on any atom is -0.481 e. The van der Waals surface area contributed by atoms with Crippen LogP contribution in [0, 0.1) is 17.7 Å². The topological polar surface area (TPSA) is 37.3 Å². The molecule has 1 aliphatic rings. The van der Waals surface area contributed by atoms with Gasteiger partial charge < -0.3 is 5.11 Å². The van der Waals surface area contributed by atoms with E-state index in [9.17, 15) is 14.3 Å². The molecule has 0 spiro atoms. The normalized spacial score (nSPS) is 20.6. The molecule has 0 fully saturated rings. The van der Waals surface area contributed by atoms with E-state index in [1.54, 1.807) is 12.1 Å². The fraction of sp³-hybridized carbons (Fsp3) is 0.400. The Morgan fingerprint density at radius 3 is 2.67 bits per heavy atom. The fourth-order valence-electron chi connectivity index (χ4n) is 2.47. The average molecular weight is 248 g/mol. The Hall–Kier alpha value is -1.64. The molecule has 1 N–H and O–H groups in total. The molecule has 2 atom stereocenters. The lowest BCUT2D eigenvalue weighted by atomic mass is 9.81. The third-order valence-electron chi connectivity index (χ3n) is 3.49. The molecule has 1 aromatic carbocycles. The summed E-state index contributed by atoms with van der Waals surface area (Å²) in [4.78, 5) is 11.4. The molecule has 2 nitrogen and oxygen atoms in total. The van der Waals surface area contributed by atoms with Crippen molar-refractivity contribution in [1.29, 1.82) is 0 Å². The number of carbonyl (C=O) groups is 1. The first-order chi connectivity index (χ1) is 8.66. The van der Waals surface area contributed by atoms with Crippen molar-refractivity contribution in [2.45, 2.75) is 25.7 Å². The molecular formula is C15H17FO2. The molecule has 2 rings (SSSR count). The summed E-state index contributed by atoms with van der Waals surface area (Å²) in [6.45, 7) is 0. The van der Waals surface area contributed by atoms with E-state index in [0.717, 1.165) is 24.8 Å². The van der Waals surface area contributed by atoms with Gasteiger partial charge in [-0.1, -0.05) is 24.3 Å². The average Bonchev–Trinajstić information content (AvgIpc) is 2.38. The largest absolute Gasteiger partial charge is 0.481 e. The van der Waals surface area contributed by atoms with Gasteiger partial charge in [-0.05, 0) is 49.3 Å². The molecule has 1 aliphatic carbocycles. The Morgan fingerprint density at radius 2 is 2.11 bits per heavy atom. The highest BCUT2D eigenvalue weighted by atomic mass is 19.1. The van der Waals surface area contributed by atoms with Gasteiger partial charge in [-0.25, -0.2) is 4.39 Å². The predicted octanol–water partition coefficient (Wildman–Crippen LogP) is 3.43. The lowest BCUT2D eigenvalue weighted by molar-refractivity contribution is -0.143. The van der Waals surface area contributed by atoms with Crippen LogP contribution in [0.1, 0.15) is 24.8 Å². The van der Waals surface area contributed by atoms with E-state index in [1.807, 2.05) is 6.08 Å². The van der Waals surface area contributed by atoms with Gasteiger partial charge >= 0.3 is 5.97 Å². The zero-order chi connectivity index (χ0) is 13.0. The zero-order valence-electron chi connectivity index (χ0n) is 10.2. The monoisotopic (exact) mass is 248 g/mol. The molecule has 1 aromatic rings. The van der Waals surface area contributed by atoms with Crippen molar-refractivity contribution in [2.24, 2.45) is 11.8 Å². The summed E-state index contributed by atoms with van der Waals surface area (Å²) in [5.41, 5.74) is 0.878. The highest BCUT2D eigenvalue weighted by molar-refractivity contribution is 5.71. The van der Waals surface area contributed by atoms with Crippen LogP contribution in [0.2, 0.25) is 0 Å². The van der Waals surface area contributed by atoms with Crippen LogP contribution in [0.15, 0.2) is 36.4 Å². The standard InChI is InChI=1S/C15H17FO2/c16-13-8-6-11(7-9-13)10-14(15(17)18)12-4-2-1-3-5-12/h2,4,6-9,12,14H,1,3,5,10H2,(H,17,18). The number of benzene rings is 1. The molecule has 18 heavy (non-hydrogen) atoms. The summed E-state index contributed by atoms with van der Waals surface area (Å²) in [5.74, 6) is -1.37. The number of aliphatic carboxylic acids is 1. The number of rotatable bonds is 4. The highest BCUT2D eigenvalue weighted by Crippen LogP contribution is 2.27. The van der Waals surface area contributed by atoms with Crippen LogP contribution in [0.25, 0.3) is 0 Å². The zero-order valence-corrected chi connectivity index (χ0v) is 10.2. The van der Waals surface area contributed by atoms with Crippen LogP contribution in [-0.2, 0) is 11.2 Å². The van der Waals surface area contributed by atoms with Gasteiger partial charge in [0.05, 0.1) is 5.92 Å². The number of carboxylic acids is 1. The van der Waals surface area contributed by atoms with Crippen LogP contribution in [0.5, 0.6) is 0 Å². The minimum absolute atomic E-state index is 0.0984. The van der Waals surface area contributed by atoms with Gasteiger partial charge in [0.25, 0.3) is 0 Å². The maximum absolute atomic E-state index is 12.8. The summed E-state index contributed by atoms with van der Waals surface area (Å²) < 4.78 is 12.8. The van der Waals surface area contributed by atoms with E-state index in [1.165, 1.54) is 12.1 Å². The van der Waals surface area contributed by atoms with E-state index in [-0.39, 0.29) is 11.7 Å². The lowest BCUT2D eigenvalue weighted by Gasteiger charge is -2.23. The van der Waals surface area contributed by atoms with Gasteiger partial charge in [-0.3, -0.25) is 4.79 Å². The Kier molecular flexibility index (Phi) is 4.13. The van der Waals surface area contributed by atoms with E-state index in [2.05, 4.69) is 6.08 Å². The summed E-state index contributed by atoms with van der Waals surface area (Å²) in [7, 11) is 0. The van der Waals surface area contributed by atoms with Gasteiger partial charge in [-0.2, -0.15) is 0 Å². The first-order valence-corrected chi connectivity index (χ1v) is 6.31.